The lowest BCUT2D eigenvalue weighted by molar-refractivity contribution is 0.414. The third kappa shape index (κ3) is 5.29. The molecule has 6 nitrogen and oxygen atoms in total. The molecule has 0 spiro atoms. The molecule has 186 valence electrons. The summed E-state index contributed by atoms with van der Waals surface area (Å²) in [6.45, 7) is 3.52. The van der Waals surface area contributed by atoms with Gasteiger partial charge >= 0.3 is 0 Å². The Kier molecular flexibility index (Phi) is 7.19. The zero-order valence-electron chi connectivity index (χ0n) is 20.1. The van der Waals surface area contributed by atoms with Crippen LogP contribution in [0.3, 0.4) is 0 Å². The molecular weight excluding hydrogens is 496 g/mol. The second-order valence-corrected chi connectivity index (χ2v) is 12.4. The first-order valence-corrected chi connectivity index (χ1v) is 14.4. The molecule has 8 heteroatoms. The summed E-state index contributed by atoms with van der Waals surface area (Å²) in [5, 5.41) is 0. The molecule has 0 radical (unpaired) electrons. The number of rotatable bonds is 8. The Bertz CT molecular complexity index is 1570. The lowest BCUT2D eigenvalue weighted by Gasteiger charge is -2.14. The zero-order chi connectivity index (χ0) is 25.9. The third-order valence-electron chi connectivity index (χ3n) is 5.78. The fourth-order valence-corrected chi connectivity index (χ4v) is 6.01. The SMILES string of the molecule is CCS(=O)(=O)c1cc(S(=O)(=O)c2ccc(OC)cc2)ccc1Oc1ccc(-c2ccc(C)cc2)cc1. The second kappa shape index (κ2) is 10.2. The van der Waals surface area contributed by atoms with Crippen molar-refractivity contribution in [2.75, 3.05) is 12.9 Å². The van der Waals surface area contributed by atoms with Crippen LogP contribution in [0.25, 0.3) is 11.1 Å². The number of sulfone groups is 2. The van der Waals surface area contributed by atoms with Crippen LogP contribution in [-0.4, -0.2) is 29.7 Å². The molecule has 0 atom stereocenters. The summed E-state index contributed by atoms with van der Waals surface area (Å²) in [6.07, 6.45) is 0. The Hall–Kier alpha value is -3.62. The smallest absolute Gasteiger partial charge is 0.206 e. The van der Waals surface area contributed by atoms with Crippen molar-refractivity contribution in [1.29, 1.82) is 0 Å². The number of ether oxygens (including phenoxy) is 2. The van der Waals surface area contributed by atoms with Gasteiger partial charge < -0.3 is 9.47 Å². The minimum atomic E-state index is -3.96. The molecule has 0 saturated carbocycles. The molecule has 0 heterocycles. The molecular formula is C28H26O6S2. The monoisotopic (exact) mass is 522 g/mol. The summed E-state index contributed by atoms with van der Waals surface area (Å²) in [5.74, 6) is 0.806. The summed E-state index contributed by atoms with van der Waals surface area (Å²) in [6, 6.07) is 25.2. The maximum absolute atomic E-state index is 13.2. The molecule has 0 aliphatic rings. The summed E-state index contributed by atoms with van der Waals surface area (Å²) >= 11 is 0. The maximum atomic E-state index is 13.2. The molecule has 4 rings (SSSR count). The first-order chi connectivity index (χ1) is 17.1. The molecule has 0 amide bonds. The van der Waals surface area contributed by atoms with E-state index in [0.717, 1.165) is 17.2 Å². The number of benzene rings is 4. The van der Waals surface area contributed by atoms with Gasteiger partial charge in [-0.2, -0.15) is 0 Å². The molecule has 0 N–H and O–H groups in total. The van der Waals surface area contributed by atoms with Crippen molar-refractivity contribution in [1.82, 2.24) is 0 Å². The number of hydrogen-bond donors (Lipinski definition) is 0. The average molecular weight is 523 g/mol. The molecule has 0 saturated heterocycles. The van der Waals surface area contributed by atoms with E-state index in [-0.39, 0.29) is 26.2 Å². The Morgan fingerprint density at radius 3 is 1.75 bits per heavy atom. The fourth-order valence-electron chi connectivity index (χ4n) is 3.62. The van der Waals surface area contributed by atoms with Crippen molar-refractivity contribution in [3.8, 4) is 28.4 Å². The molecule has 0 fully saturated rings. The van der Waals surface area contributed by atoms with Crippen molar-refractivity contribution < 1.29 is 26.3 Å². The number of aryl methyl sites for hydroxylation is 1. The minimum absolute atomic E-state index is 0.0310. The van der Waals surface area contributed by atoms with Gasteiger partial charge in [0.05, 0.1) is 22.7 Å². The van der Waals surface area contributed by atoms with Gasteiger partial charge in [-0.25, -0.2) is 16.8 Å². The first-order valence-electron chi connectivity index (χ1n) is 11.2. The Morgan fingerprint density at radius 2 is 1.19 bits per heavy atom. The van der Waals surface area contributed by atoms with Gasteiger partial charge in [0.1, 0.15) is 22.1 Å². The molecule has 4 aromatic rings. The normalized spacial score (nSPS) is 11.8. The van der Waals surface area contributed by atoms with Crippen molar-refractivity contribution in [2.24, 2.45) is 0 Å². The van der Waals surface area contributed by atoms with E-state index in [0.29, 0.717) is 11.5 Å². The Balaban J connectivity index is 1.69. The van der Waals surface area contributed by atoms with Gasteiger partial charge in [-0.3, -0.25) is 0 Å². The summed E-state index contributed by atoms with van der Waals surface area (Å²) < 4.78 is 63.2. The zero-order valence-corrected chi connectivity index (χ0v) is 21.8. The van der Waals surface area contributed by atoms with E-state index >= 15 is 0 Å². The van der Waals surface area contributed by atoms with Crippen LogP contribution in [-0.2, 0) is 19.7 Å². The van der Waals surface area contributed by atoms with Crippen LogP contribution in [0.1, 0.15) is 12.5 Å². The Morgan fingerprint density at radius 1 is 0.667 bits per heavy atom. The molecule has 0 unspecified atom stereocenters. The van der Waals surface area contributed by atoms with Crippen LogP contribution < -0.4 is 9.47 Å². The standard InChI is InChI=1S/C28H26O6S2/c1-4-35(29,30)28-19-26(36(31,32)25-15-13-23(33-3)14-16-25)17-18-27(28)34-24-11-9-22(10-12-24)21-7-5-20(2)6-8-21/h5-19H,4H2,1-3H3. The molecule has 0 aliphatic carbocycles. The Labute approximate surface area is 212 Å². The van der Waals surface area contributed by atoms with E-state index in [9.17, 15) is 16.8 Å². The van der Waals surface area contributed by atoms with Crippen LogP contribution in [0.2, 0.25) is 0 Å². The molecule has 0 bridgehead atoms. The minimum Gasteiger partial charge on any atom is -0.497 e. The number of hydrogen-bond acceptors (Lipinski definition) is 6. The van der Waals surface area contributed by atoms with E-state index in [2.05, 4.69) is 0 Å². The molecule has 36 heavy (non-hydrogen) atoms. The second-order valence-electron chi connectivity index (χ2n) is 8.18. The van der Waals surface area contributed by atoms with Crippen LogP contribution in [0.15, 0.2) is 106 Å². The number of methoxy groups -OCH3 is 1. The van der Waals surface area contributed by atoms with Gasteiger partial charge in [0.25, 0.3) is 0 Å². The topological polar surface area (TPSA) is 86.7 Å². The van der Waals surface area contributed by atoms with Crippen LogP contribution in [0.4, 0.5) is 0 Å². The maximum Gasteiger partial charge on any atom is 0.206 e. The van der Waals surface area contributed by atoms with Gasteiger partial charge in [0.15, 0.2) is 9.84 Å². The predicted molar refractivity (Wildman–Crippen MR) is 139 cm³/mol. The molecule has 0 aromatic heterocycles. The fraction of sp³-hybridized carbons (Fsp3) is 0.143. The van der Waals surface area contributed by atoms with Crippen molar-refractivity contribution >= 4 is 19.7 Å². The largest absolute Gasteiger partial charge is 0.497 e. The highest BCUT2D eigenvalue weighted by Gasteiger charge is 2.25. The van der Waals surface area contributed by atoms with Gasteiger partial charge in [-0.05, 0) is 72.6 Å². The lowest BCUT2D eigenvalue weighted by atomic mass is 10.0. The highest BCUT2D eigenvalue weighted by Crippen LogP contribution is 2.34. The average Bonchev–Trinajstić information content (AvgIpc) is 2.89. The van der Waals surface area contributed by atoms with E-state index < -0.39 is 19.7 Å². The molecule has 0 aliphatic heterocycles. The quantitative estimate of drug-likeness (QED) is 0.278. The first kappa shape index (κ1) is 25.5. The van der Waals surface area contributed by atoms with E-state index in [1.165, 1.54) is 56.0 Å². The van der Waals surface area contributed by atoms with E-state index in [4.69, 9.17) is 9.47 Å². The highest BCUT2D eigenvalue weighted by molar-refractivity contribution is 7.92. The van der Waals surface area contributed by atoms with Gasteiger partial charge in [-0.15, -0.1) is 0 Å². The van der Waals surface area contributed by atoms with E-state index in [1.807, 2.05) is 43.3 Å². The van der Waals surface area contributed by atoms with Crippen LogP contribution in [0.5, 0.6) is 17.2 Å². The van der Waals surface area contributed by atoms with Crippen LogP contribution in [0, 0.1) is 6.92 Å². The van der Waals surface area contributed by atoms with Crippen molar-refractivity contribution in [2.45, 2.75) is 28.5 Å². The summed E-state index contributed by atoms with van der Waals surface area (Å²) in [5.41, 5.74) is 3.21. The van der Waals surface area contributed by atoms with Gasteiger partial charge in [0, 0.05) is 0 Å². The van der Waals surface area contributed by atoms with Gasteiger partial charge in [-0.1, -0.05) is 48.9 Å². The summed E-state index contributed by atoms with van der Waals surface area (Å²) in [7, 11) is -6.26. The third-order valence-corrected chi connectivity index (χ3v) is 9.29. The highest BCUT2D eigenvalue weighted by atomic mass is 32.2. The van der Waals surface area contributed by atoms with Crippen molar-refractivity contribution in [3.05, 3.63) is 96.6 Å². The van der Waals surface area contributed by atoms with E-state index in [1.54, 1.807) is 12.1 Å². The molecule has 4 aromatic carbocycles. The predicted octanol–water partition coefficient (Wildman–Crippen LogP) is 6.09. The summed E-state index contributed by atoms with van der Waals surface area (Å²) in [4.78, 5) is -0.285. The lowest BCUT2D eigenvalue weighted by Crippen LogP contribution is -2.09. The van der Waals surface area contributed by atoms with Crippen LogP contribution >= 0.6 is 0 Å². The van der Waals surface area contributed by atoms with Gasteiger partial charge in [0.2, 0.25) is 9.84 Å². The van der Waals surface area contributed by atoms with Crippen molar-refractivity contribution in [3.63, 3.8) is 0 Å².